The Morgan fingerprint density at radius 1 is 0.257 bits per heavy atom. The molecule has 0 rings (SSSR count). The van der Waals surface area contributed by atoms with Crippen molar-refractivity contribution in [2.45, 2.75) is 399 Å². The van der Waals surface area contributed by atoms with Crippen LogP contribution in [0.15, 0.2) is 146 Å². The Morgan fingerprint density at radius 3 is 0.752 bits per heavy atom. The first-order valence-electron chi connectivity index (χ1n) is 45.1. The first kappa shape index (κ1) is 108. The number of carbonyl (C=O) groups is 3. The summed E-state index contributed by atoms with van der Waals surface area (Å²) in [6.45, 7) is 2.48. The molecule has 0 saturated carbocycles. The second-order valence-electron chi connectivity index (χ2n) is 30.0. The maximum atomic E-state index is 13.0. The number of carbonyl (C=O) groups excluding carboxylic acids is 3. The molecule has 5 atom stereocenters. The third-order valence-corrected chi connectivity index (χ3v) is 20.9. The van der Waals surface area contributed by atoms with Crippen LogP contribution in [0.25, 0.3) is 0 Å². The number of hydrogen-bond acceptors (Lipinski definition) is 14. The smallest absolute Gasteiger partial charge is 0.463 e. The molecule has 0 aromatic carbocycles. The highest BCUT2D eigenvalue weighted by atomic mass is 31.2. The van der Waals surface area contributed by atoms with Crippen LogP contribution in [0.4, 0.5) is 0 Å². The van der Waals surface area contributed by atoms with Gasteiger partial charge < -0.3 is 34.2 Å². The van der Waals surface area contributed by atoms with E-state index in [4.69, 9.17) is 32.3 Å². The molecule has 113 heavy (non-hydrogen) atoms. The summed E-state index contributed by atoms with van der Waals surface area (Å²) in [5, 5.41) is 20.7. The number of rotatable bonds is 85. The largest absolute Gasteiger partial charge is 0.472 e. The van der Waals surface area contributed by atoms with Crippen molar-refractivity contribution < 1.29 is 75.8 Å². The second kappa shape index (κ2) is 86.8. The van der Waals surface area contributed by atoms with E-state index >= 15 is 0 Å². The van der Waals surface area contributed by atoms with Crippen LogP contribution in [0.1, 0.15) is 380 Å². The zero-order chi connectivity index (χ0) is 82.2. The molecule has 0 radical (unpaired) electrons. The van der Waals surface area contributed by atoms with Crippen molar-refractivity contribution in [3.63, 3.8) is 0 Å². The summed E-state index contributed by atoms with van der Waals surface area (Å²) in [5.41, 5.74) is 0. The van der Waals surface area contributed by atoms with Crippen molar-refractivity contribution in [1.29, 1.82) is 0 Å². The van der Waals surface area contributed by atoms with Gasteiger partial charge >= 0.3 is 33.6 Å². The molecule has 650 valence electrons. The van der Waals surface area contributed by atoms with Gasteiger partial charge in [0.25, 0.3) is 0 Å². The summed E-state index contributed by atoms with van der Waals surface area (Å²) in [4.78, 5) is 58.9. The van der Waals surface area contributed by atoms with Crippen molar-refractivity contribution >= 4 is 33.6 Å². The van der Waals surface area contributed by atoms with Crippen molar-refractivity contribution in [3.8, 4) is 0 Å². The fourth-order valence-electron chi connectivity index (χ4n) is 12.2. The molecule has 0 aliphatic carbocycles. The maximum absolute atomic E-state index is 13.0. The molecule has 0 spiro atoms. The zero-order valence-corrected chi connectivity index (χ0v) is 73.3. The zero-order valence-electron chi connectivity index (χ0n) is 71.5. The number of esters is 3. The van der Waals surface area contributed by atoms with Gasteiger partial charge in [0.15, 0.2) is 6.10 Å². The molecular formula is C95H164O16P2. The molecule has 0 aliphatic rings. The number of phosphoric acid groups is 2. The van der Waals surface area contributed by atoms with Gasteiger partial charge in [-0.25, -0.2) is 9.13 Å². The van der Waals surface area contributed by atoms with Gasteiger partial charge in [-0.1, -0.05) is 366 Å². The number of unbranched alkanes of at least 4 members (excludes halogenated alkanes) is 38. The Morgan fingerprint density at radius 2 is 0.469 bits per heavy atom. The second-order valence-corrected chi connectivity index (χ2v) is 32.9. The molecule has 0 saturated heterocycles. The van der Waals surface area contributed by atoms with Crippen LogP contribution in [0.2, 0.25) is 0 Å². The number of aliphatic hydroxyl groups excluding tert-OH is 2. The number of phosphoric ester groups is 2. The van der Waals surface area contributed by atoms with Gasteiger partial charge in [-0.15, -0.1) is 0 Å². The normalized spacial score (nSPS) is 14.5. The first-order valence-corrected chi connectivity index (χ1v) is 48.1. The Labute approximate surface area is 689 Å². The Hall–Kier alpha value is -4.57. The maximum Gasteiger partial charge on any atom is 0.472 e. The van der Waals surface area contributed by atoms with E-state index in [1.165, 1.54) is 154 Å². The van der Waals surface area contributed by atoms with Gasteiger partial charge in [-0.3, -0.25) is 32.5 Å². The highest BCUT2D eigenvalue weighted by Gasteiger charge is 2.29. The topological polar surface area (TPSA) is 231 Å². The molecule has 0 aliphatic heterocycles. The summed E-state index contributed by atoms with van der Waals surface area (Å²) < 4.78 is 61.4. The molecule has 5 unspecified atom stereocenters. The predicted molar refractivity (Wildman–Crippen MR) is 473 cm³/mol. The highest BCUT2D eigenvalue weighted by Crippen LogP contribution is 2.45. The first-order chi connectivity index (χ1) is 55.2. The van der Waals surface area contributed by atoms with Crippen LogP contribution in [0.5, 0.6) is 0 Å². The number of hydrogen-bond donors (Lipinski definition) is 4. The van der Waals surface area contributed by atoms with Crippen LogP contribution in [-0.4, -0.2) is 95.9 Å². The fraction of sp³-hybridized carbons (Fsp3) is 0.716. The summed E-state index contributed by atoms with van der Waals surface area (Å²) in [5.74, 6) is -1.58. The molecule has 0 fully saturated rings. The molecule has 0 aromatic heterocycles. The van der Waals surface area contributed by atoms with E-state index in [2.05, 4.69) is 167 Å². The van der Waals surface area contributed by atoms with Gasteiger partial charge in [0.2, 0.25) is 0 Å². The van der Waals surface area contributed by atoms with E-state index in [0.717, 1.165) is 167 Å². The van der Waals surface area contributed by atoms with Gasteiger partial charge in [0, 0.05) is 19.3 Å². The lowest BCUT2D eigenvalue weighted by atomic mass is 10.0. The average molecular weight is 1620 g/mol. The molecule has 4 N–H and O–H groups in total. The molecule has 0 aromatic rings. The van der Waals surface area contributed by atoms with E-state index in [9.17, 15) is 43.5 Å². The van der Waals surface area contributed by atoms with E-state index in [1.54, 1.807) is 0 Å². The van der Waals surface area contributed by atoms with Gasteiger partial charge in [0.05, 0.1) is 26.4 Å². The quantitative estimate of drug-likeness (QED) is 0.0146. The molecule has 0 amide bonds. The van der Waals surface area contributed by atoms with Crippen molar-refractivity contribution in [1.82, 2.24) is 0 Å². The summed E-state index contributed by atoms with van der Waals surface area (Å²) in [6, 6.07) is 0. The van der Waals surface area contributed by atoms with Crippen molar-refractivity contribution in [2.24, 2.45) is 0 Å². The van der Waals surface area contributed by atoms with Crippen LogP contribution >= 0.6 is 15.6 Å². The van der Waals surface area contributed by atoms with Crippen molar-refractivity contribution in [2.75, 3.05) is 39.6 Å². The molecule has 16 nitrogen and oxygen atoms in total. The fourth-order valence-corrected chi connectivity index (χ4v) is 13.8. The van der Waals surface area contributed by atoms with Crippen molar-refractivity contribution in [3.05, 3.63) is 146 Å². The van der Waals surface area contributed by atoms with E-state index < -0.39 is 91.5 Å². The lowest BCUT2D eigenvalue weighted by molar-refractivity contribution is -0.161. The minimum atomic E-state index is -4.94. The van der Waals surface area contributed by atoms with E-state index in [0.29, 0.717) is 19.3 Å². The Kier molecular flexibility index (Phi) is 83.3. The van der Waals surface area contributed by atoms with Crippen LogP contribution in [0, 0.1) is 0 Å². The average Bonchev–Trinajstić information content (AvgIpc) is 0.864. The summed E-state index contributed by atoms with van der Waals surface area (Å²) in [6.07, 6.45) is 109. The molecule has 18 heteroatoms. The van der Waals surface area contributed by atoms with Gasteiger partial charge in [0.1, 0.15) is 25.4 Å². The van der Waals surface area contributed by atoms with Gasteiger partial charge in [-0.05, 0) is 141 Å². The Bertz CT molecular complexity index is 2630. The molecular weight excluding hydrogens is 1460 g/mol. The van der Waals surface area contributed by atoms with E-state index in [1.807, 2.05) is 0 Å². The third kappa shape index (κ3) is 88.1. The molecule has 0 heterocycles. The summed E-state index contributed by atoms with van der Waals surface area (Å²) in [7, 11) is -9.80. The molecule has 0 bridgehead atoms. The Balaban J connectivity index is 4.44. The lowest BCUT2D eigenvalue weighted by Gasteiger charge is -2.21. The van der Waals surface area contributed by atoms with Crippen LogP contribution < -0.4 is 0 Å². The van der Waals surface area contributed by atoms with Gasteiger partial charge in [-0.2, -0.15) is 0 Å². The SMILES string of the molecule is CC/C=C\C/C=C\C/C=C\C/C=C\C/C=C\C/C=C\CCCCCCCCCCC(=O)OCC(COP(=O)(O)OCC(O)COP(=O)(O)OCC(O)COC(=O)CCCCCCCCCCCCCCCCCCCCC/C=C\C/C=C\C/C=C\C/C=C\C/C=C\CC)OC(=O)CCCCCCC/C=C\CCCCCCCC. The lowest BCUT2D eigenvalue weighted by Crippen LogP contribution is -2.30. The predicted octanol–water partition coefficient (Wildman–Crippen LogP) is 27.6. The monoisotopic (exact) mass is 1620 g/mol. The summed E-state index contributed by atoms with van der Waals surface area (Å²) >= 11 is 0. The number of allylic oxidation sites excluding steroid dienone is 24. The third-order valence-electron chi connectivity index (χ3n) is 19.0. The van der Waals surface area contributed by atoms with Crippen LogP contribution in [-0.2, 0) is 55.8 Å². The number of ether oxygens (including phenoxy) is 3. The minimum Gasteiger partial charge on any atom is -0.463 e. The number of aliphatic hydroxyl groups is 2. The highest BCUT2D eigenvalue weighted by molar-refractivity contribution is 7.47. The van der Waals surface area contributed by atoms with Crippen LogP contribution in [0.3, 0.4) is 0 Å². The minimum absolute atomic E-state index is 0.0912. The standard InChI is InChI=1S/C95H164O16P2/c1-4-7-10-13-16-19-22-25-28-30-32-34-36-38-40-41-42-43-44-45-46-47-49-51-52-54-56-58-61-63-66-69-72-75-78-81-93(98)105-84-90(96)85-107-112(101,102)108-86-91(97)87-109-113(103,104)110-89-92(111-95(100)83-80-77-74-71-68-65-60-27-24-21-18-15-12-9-6-3)88-106-94(99)82-79-76-73-70-67-64-62-59-57-55-53-50-48-39-37-35-33-31-29-26-23-20-17-14-11-8-5-2/h7-8,10-11,16-17,19-20,25-29,32-35,38-40,48,53,55,60,90-92,96-97H,4-6,9,12-15,18,21-24,30-31,36-37,41-47,49-52,54,56-59,61-89H2,1-3H3,(H,101,102)(H,103,104)/b10-7-,11-8-,19-16-,20-17-,28-25-,29-26-,34-32-,35-33-,40-38-,48-39-,55-53-,60-27-. The van der Waals surface area contributed by atoms with E-state index in [-0.39, 0.29) is 19.3 Å².